The zero-order valence-electron chi connectivity index (χ0n) is 17.3. The molecule has 1 atom stereocenters. The fourth-order valence-electron chi connectivity index (χ4n) is 4.48. The van der Waals surface area contributed by atoms with Crippen molar-refractivity contribution in [1.29, 1.82) is 0 Å². The number of pyridine rings is 2. The maximum absolute atomic E-state index is 15.2. The number of benzene rings is 1. The molecule has 0 saturated carbocycles. The third-order valence-electron chi connectivity index (χ3n) is 6.05. The third kappa shape index (κ3) is 3.07. The van der Waals surface area contributed by atoms with Gasteiger partial charge in [0.05, 0.1) is 18.9 Å². The van der Waals surface area contributed by atoms with Gasteiger partial charge in [-0.2, -0.15) is 8.78 Å². The summed E-state index contributed by atoms with van der Waals surface area (Å²) in [7, 11) is 0. The molecule has 0 radical (unpaired) electrons. The number of hydrogen-bond donors (Lipinski definition) is 1. The quantitative estimate of drug-likeness (QED) is 0.598. The Labute approximate surface area is 187 Å². The van der Waals surface area contributed by atoms with Gasteiger partial charge in [-0.1, -0.05) is 12.1 Å². The fourth-order valence-corrected chi connectivity index (χ4v) is 4.48. The summed E-state index contributed by atoms with van der Waals surface area (Å²) in [4.78, 5) is 12.4. The van der Waals surface area contributed by atoms with Gasteiger partial charge in [-0.25, -0.2) is 15.0 Å². The van der Waals surface area contributed by atoms with E-state index < -0.39 is 17.4 Å². The van der Waals surface area contributed by atoms with Crippen molar-refractivity contribution in [3.05, 3.63) is 77.4 Å². The van der Waals surface area contributed by atoms with Crippen molar-refractivity contribution in [3.8, 4) is 22.6 Å². The lowest BCUT2D eigenvalue weighted by Crippen LogP contribution is -2.32. The van der Waals surface area contributed by atoms with Crippen LogP contribution in [0.1, 0.15) is 23.2 Å². The maximum atomic E-state index is 15.2. The highest BCUT2D eigenvalue weighted by atomic mass is 19.1. The van der Waals surface area contributed by atoms with Crippen molar-refractivity contribution >= 4 is 11.6 Å². The molecule has 2 N–H and O–H groups in total. The number of aliphatic imine (C=N–C) groups is 1. The van der Waals surface area contributed by atoms with Crippen molar-refractivity contribution in [2.75, 3.05) is 19.8 Å². The molecule has 0 saturated heterocycles. The summed E-state index contributed by atoms with van der Waals surface area (Å²) in [6.45, 7) is 0.987. The van der Waals surface area contributed by atoms with E-state index in [0.29, 0.717) is 53.3 Å². The van der Waals surface area contributed by atoms with Crippen LogP contribution in [0.25, 0.3) is 16.7 Å². The van der Waals surface area contributed by atoms with Crippen LogP contribution >= 0.6 is 0 Å². The molecule has 0 unspecified atom stereocenters. The van der Waals surface area contributed by atoms with Gasteiger partial charge in [-0.3, -0.25) is 0 Å². The minimum atomic E-state index is -1.17. The molecule has 0 aliphatic carbocycles. The Kier molecular flexibility index (Phi) is 4.41. The average molecular weight is 448 g/mol. The van der Waals surface area contributed by atoms with Gasteiger partial charge in [-0.15, -0.1) is 0 Å². The molecule has 3 aromatic rings. The highest BCUT2D eigenvalue weighted by molar-refractivity contribution is 5.78. The molecule has 0 bridgehead atoms. The van der Waals surface area contributed by atoms with Gasteiger partial charge < -0.3 is 19.9 Å². The van der Waals surface area contributed by atoms with E-state index in [9.17, 15) is 4.39 Å². The van der Waals surface area contributed by atoms with Crippen LogP contribution in [-0.4, -0.2) is 35.8 Å². The van der Waals surface area contributed by atoms with Gasteiger partial charge in [0.2, 0.25) is 5.95 Å². The first kappa shape index (κ1) is 19.8. The first-order chi connectivity index (χ1) is 16.0. The number of ether oxygens (including phenoxy) is 3. The van der Waals surface area contributed by atoms with Gasteiger partial charge in [0, 0.05) is 22.9 Å². The van der Waals surface area contributed by atoms with Gasteiger partial charge in [0.15, 0.2) is 11.3 Å². The Hall–Kier alpha value is -3.85. The van der Waals surface area contributed by atoms with Crippen LogP contribution in [-0.2, 0) is 15.0 Å². The van der Waals surface area contributed by atoms with E-state index in [1.54, 1.807) is 36.4 Å². The summed E-state index contributed by atoms with van der Waals surface area (Å²) in [6.07, 6.45) is 4.08. The van der Waals surface area contributed by atoms with E-state index in [2.05, 4.69) is 15.0 Å². The van der Waals surface area contributed by atoms with E-state index in [1.807, 2.05) is 6.08 Å². The summed E-state index contributed by atoms with van der Waals surface area (Å²) >= 11 is 0. The van der Waals surface area contributed by atoms with Crippen LogP contribution in [0.15, 0.2) is 53.7 Å². The number of halogens is 2. The molecule has 9 heteroatoms. The minimum Gasteiger partial charge on any atom is -0.462 e. The van der Waals surface area contributed by atoms with Crippen LogP contribution in [0.5, 0.6) is 11.5 Å². The van der Waals surface area contributed by atoms with E-state index in [0.717, 1.165) is 5.57 Å². The number of hydrogen-bond acceptors (Lipinski definition) is 7. The predicted octanol–water partition coefficient (Wildman–Crippen LogP) is 3.92. The van der Waals surface area contributed by atoms with Crippen LogP contribution in [0.4, 0.5) is 8.78 Å². The zero-order valence-corrected chi connectivity index (χ0v) is 17.3. The van der Waals surface area contributed by atoms with E-state index in [-0.39, 0.29) is 18.4 Å². The maximum Gasteiger partial charge on any atom is 0.283 e. The highest BCUT2D eigenvalue weighted by Crippen LogP contribution is 2.52. The molecule has 3 aliphatic heterocycles. The Morgan fingerprint density at radius 2 is 1.97 bits per heavy atom. The Balaban J connectivity index is 1.57. The molecule has 0 amide bonds. The van der Waals surface area contributed by atoms with Crippen LogP contribution in [0, 0.1) is 11.9 Å². The second kappa shape index (κ2) is 7.35. The largest absolute Gasteiger partial charge is 0.462 e. The van der Waals surface area contributed by atoms with Crippen LogP contribution in [0.3, 0.4) is 0 Å². The number of rotatable bonds is 2. The molecule has 33 heavy (non-hydrogen) atoms. The lowest BCUT2D eigenvalue weighted by atomic mass is 9.80. The summed E-state index contributed by atoms with van der Waals surface area (Å²) in [5.41, 5.74) is 7.89. The molecule has 0 fully saturated rings. The van der Waals surface area contributed by atoms with Gasteiger partial charge >= 0.3 is 0 Å². The zero-order chi connectivity index (χ0) is 22.6. The molecule has 1 aromatic carbocycles. The molecular formula is C24H18F2N4O3. The highest BCUT2D eigenvalue weighted by Gasteiger charge is 2.48. The lowest BCUT2D eigenvalue weighted by molar-refractivity contribution is 0.164. The van der Waals surface area contributed by atoms with Crippen LogP contribution in [0.2, 0.25) is 0 Å². The number of nitrogens with zero attached hydrogens (tertiary/aromatic N) is 3. The van der Waals surface area contributed by atoms with Crippen molar-refractivity contribution in [2.24, 2.45) is 10.7 Å². The number of nitrogens with two attached hydrogens (primary N) is 1. The van der Waals surface area contributed by atoms with Crippen molar-refractivity contribution < 1.29 is 23.0 Å². The molecule has 6 rings (SSSR count). The third-order valence-corrected chi connectivity index (χ3v) is 6.05. The predicted molar refractivity (Wildman–Crippen MR) is 116 cm³/mol. The summed E-state index contributed by atoms with van der Waals surface area (Å²) in [5.74, 6) is -1.03. The van der Waals surface area contributed by atoms with Crippen molar-refractivity contribution in [3.63, 3.8) is 0 Å². The number of aromatic nitrogens is 2. The monoisotopic (exact) mass is 448 g/mol. The van der Waals surface area contributed by atoms with E-state index >= 15 is 4.39 Å². The smallest absolute Gasteiger partial charge is 0.283 e. The fraction of sp³-hybridized carbons (Fsp3) is 0.208. The molecule has 1 spiro atoms. The lowest BCUT2D eigenvalue weighted by Gasteiger charge is -2.34. The topological polar surface area (TPSA) is 91.9 Å². The average Bonchev–Trinajstić information content (AvgIpc) is 3.23. The molecule has 7 nitrogen and oxygen atoms in total. The molecule has 3 aliphatic rings. The summed E-state index contributed by atoms with van der Waals surface area (Å²) < 4.78 is 46.6. The number of fused-ring (bicyclic) bond motifs is 4. The van der Waals surface area contributed by atoms with Crippen LogP contribution < -0.4 is 10.5 Å². The van der Waals surface area contributed by atoms with Gasteiger partial charge in [0.1, 0.15) is 12.4 Å². The first-order valence-electron chi connectivity index (χ1n) is 10.4. The SMILES string of the molecule is NC1=N[C@@]2(CO1)c1cc(-c3cccnc3F)ccc1Oc1c2cc(C2=CCCOC2)nc1F. The second-order valence-electron chi connectivity index (χ2n) is 8.00. The normalized spacial score (nSPS) is 20.9. The Morgan fingerprint density at radius 3 is 2.73 bits per heavy atom. The van der Waals surface area contributed by atoms with Gasteiger partial charge in [0.25, 0.3) is 12.0 Å². The molecule has 2 aromatic heterocycles. The summed E-state index contributed by atoms with van der Waals surface area (Å²) in [5, 5.41) is 0. The summed E-state index contributed by atoms with van der Waals surface area (Å²) in [6, 6.07) is 10.1. The molecule has 5 heterocycles. The Morgan fingerprint density at radius 1 is 1.06 bits per heavy atom. The number of amidine groups is 1. The van der Waals surface area contributed by atoms with Crippen molar-refractivity contribution in [2.45, 2.75) is 12.0 Å². The molecular weight excluding hydrogens is 430 g/mol. The second-order valence-corrected chi connectivity index (χ2v) is 8.00. The minimum absolute atomic E-state index is 0.0225. The standard InChI is InChI=1S/C24H18F2N4O3/c25-21-15(4-1-7-28-21)13-5-6-19-16(9-13)24(12-32-23(27)30-24)17-10-18(14-3-2-8-31-11-14)29-22(26)20(17)33-19/h1,3-7,9-10H,2,8,11-12H2,(H2,27,30)/t24-/m0/s1. The molecule has 166 valence electrons. The Bertz CT molecular complexity index is 1360. The van der Waals surface area contributed by atoms with Crippen molar-refractivity contribution in [1.82, 2.24) is 9.97 Å². The van der Waals surface area contributed by atoms with E-state index in [4.69, 9.17) is 19.9 Å². The van der Waals surface area contributed by atoms with Gasteiger partial charge in [-0.05, 0) is 47.9 Å². The first-order valence-corrected chi connectivity index (χ1v) is 10.4. The van der Waals surface area contributed by atoms with E-state index in [1.165, 1.54) is 6.20 Å².